The fourth-order valence-electron chi connectivity index (χ4n) is 3.98. The number of carbonyl (C=O) groups is 1. The van der Waals surface area contributed by atoms with E-state index in [9.17, 15) is 4.79 Å². The number of fused-ring (bicyclic) bond motifs is 1. The predicted molar refractivity (Wildman–Crippen MR) is 102 cm³/mol. The Kier molecular flexibility index (Phi) is 6.38. The van der Waals surface area contributed by atoms with Gasteiger partial charge in [0.15, 0.2) is 0 Å². The molecule has 2 atom stereocenters. The molecule has 144 valence electrons. The quantitative estimate of drug-likeness (QED) is 0.775. The maximum absolute atomic E-state index is 11.8. The minimum Gasteiger partial charge on any atom is -0.497 e. The van der Waals surface area contributed by atoms with Crippen LogP contribution in [0, 0.1) is 0 Å². The van der Waals surface area contributed by atoms with E-state index >= 15 is 0 Å². The molecule has 0 spiro atoms. The van der Waals surface area contributed by atoms with Crippen LogP contribution in [-0.2, 0) is 17.8 Å². The van der Waals surface area contributed by atoms with Gasteiger partial charge in [-0.2, -0.15) is 0 Å². The number of amides is 1. The van der Waals surface area contributed by atoms with Crippen LogP contribution in [0.4, 0.5) is 0 Å². The van der Waals surface area contributed by atoms with E-state index in [2.05, 4.69) is 29.3 Å². The normalized spacial score (nSPS) is 22.6. The lowest BCUT2D eigenvalue weighted by Crippen LogP contribution is -2.46. The molecule has 0 saturated carbocycles. The lowest BCUT2D eigenvalue weighted by molar-refractivity contribution is -0.121. The fraction of sp³-hybridized carbons (Fsp3) is 0.650. The summed E-state index contributed by atoms with van der Waals surface area (Å²) in [7, 11) is 1.71. The summed E-state index contributed by atoms with van der Waals surface area (Å²) in [5, 5.41) is 3.03. The average molecular weight is 361 g/mol. The van der Waals surface area contributed by atoms with Gasteiger partial charge in [-0.15, -0.1) is 0 Å². The first-order chi connectivity index (χ1) is 12.6. The lowest BCUT2D eigenvalue weighted by Gasteiger charge is -2.36. The number of rotatable bonds is 7. The van der Waals surface area contributed by atoms with E-state index in [-0.39, 0.29) is 12.0 Å². The highest BCUT2D eigenvalue weighted by Crippen LogP contribution is 2.37. The van der Waals surface area contributed by atoms with Crippen LogP contribution in [-0.4, -0.2) is 49.7 Å². The summed E-state index contributed by atoms with van der Waals surface area (Å²) in [5.41, 5.74) is 7.88. The van der Waals surface area contributed by atoms with Crippen molar-refractivity contribution in [1.82, 2.24) is 10.2 Å². The van der Waals surface area contributed by atoms with E-state index in [1.165, 1.54) is 24.0 Å². The predicted octanol–water partition coefficient (Wildman–Crippen LogP) is 1.84. The van der Waals surface area contributed by atoms with Crippen molar-refractivity contribution in [2.24, 2.45) is 5.73 Å². The van der Waals surface area contributed by atoms with Crippen LogP contribution in [0.3, 0.4) is 0 Å². The molecule has 0 bridgehead atoms. The van der Waals surface area contributed by atoms with Gasteiger partial charge in [0, 0.05) is 49.6 Å². The zero-order valence-corrected chi connectivity index (χ0v) is 15.9. The number of methoxy groups -OCH3 is 1. The Morgan fingerprint density at radius 2 is 2.27 bits per heavy atom. The van der Waals surface area contributed by atoms with Crippen molar-refractivity contribution in [1.29, 1.82) is 0 Å². The number of ether oxygens (including phenoxy) is 2. The Balaban J connectivity index is 1.72. The zero-order chi connectivity index (χ0) is 18.5. The van der Waals surface area contributed by atoms with Crippen LogP contribution in [0.15, 0.2) is 12.1 Å². The number of likely N-dealkylation sites (tertiary alicyclic amines) is 1. The molecule has 3 N–H and O–H groups in total. The topological polar surface area (TPSA) is 76.8 Å². The minimum absolute atomic E-state index is 0.0393. The Hall–Kier alpha value is -1.79. The molecule has 3 rings (SSSR count). The summed E-state index contributed by atoms with van der Waals surface area (Å²) < 4.78 is 11.6. The van der Waals surface area contributed by atoms with Crippen molar-refractivity contribution in [3.8, 4) is 11.5 Å². The van der Waals surface area contributed by atoms with Crippen LogP contribution in [0.5, 0.6) is 11.5 Å². The highest BCUT2D eigenvalue weighted by Gasteiger charge is 2.28. The molecule has 2 unspecified atom stereocenters. The molecule has 0 aromatic heterocycles. The third-order valence-electron chi connectivity index (χ3n) is 5.31. The van der Waals surface area contributed by atoms with Gasteiger partial charge in [0.05, 0.1) is 7.11 Å². The smallest absolute Gasteiger partial charge is 0.221 e. The van der Waals surface area contributed by atoms with E-state index in [1.54, 1.807) is 7.11 Å². The Labute approximate surface area is 156 Å². The second-order valence-electron chi connectivity index (χ2n) is 7.37. The largest absolute Gasteiger partial charge is 0.497 e. The van der Waals surface area contributed by atoms with Crippen LogP contribution < -0.4 is 20.5 Å². The summed E-state index contributed by atoms with van der Waals surface area (Å²) in [6.45, 7) is 5.05. The van der Waals surface area contributed by atoms with E-state index < -0.39 is 0 Å². The number of nitrogens with two attached hydrogens (primary N) is 1. The van der Waals surface area contributed by atoms with E-state index in [0.717, 1.165) is 37.4 Å². The number of hydrogen-bond donors (Lipinski definition) is 2. The number of nitrogens with one attached hydrogen (secondary N) is 1. The van der Waals surface area contributed by atoms with Gasteiger partial charge in [0.25, 0.3) is 0 Å². The maximum atomic E-state index is 11.8. The molecular formula is C20H31N3O3. The lowest BCUT2D eigenvalue weighted by atomic mass is 9.99. The summed E-state index contributed by atoms with van der Waals surface area (Å²) in [4.78, 5) is 14.2. The molecule has 6 heteroatoms. The van der Waals surface area contributed by atoms with Crippen molar-refractivity contribution in [3.05, 3.63) is 23.3 Å². The van der Waals surface area contributed by atoms with Gasteiger partial charge >= 0.3 is 0 Å². The highest BCUT2D eigenvalue weighted by molar-refractivity contribution is 5.76. The van der Waals surface area contributed by atoms with Crippen LogP contribution in [0.25, 0.3) is 0 Å². The Morgan fingerprint density at radius 3 is 3.04 bits per heavy atom. The average Bonchev–Trinajstić information content (AvgIpc) is 3.01. The molecule has 1 saturated heterocycles. The van der Waals surface area contributed by atoms with E-state index in [1.807, 2.05) is 0 Å². The fourth-order valence-corrected chi connectivity index (χ4v) is 3.98. The third kappa shape index (κ3) is 4.48. The van der Waals surface area contributed by atoms with Crippen molar-refractivity contribution >= 4 is 5.91 Å². The standard InChI is InChI=1S/C20H31N3O3/c1-14-9-15-10-18(25-2)11-16(20(15)26-14)13-23-8-4-3-5-17(23)12-22-19(24)6-7-21/h10-11,14,17H,3-9,12-13,21H2,1-2H3,(H,22,24). The molecule has 1 amide bonds. The molecular weight excluding hydrogens is 330 g/mol. The van der Waals surface area contributed by atoms with Gasteiger partial charge in [0.1, 0.15) is 17.6 Å². The molecule has 26 heavy (non-hydrogen) atoms. The van der Waals surface area contributed by atoms with Crippen LogP contribution in [0.2, 0.25) is 0 Å². The second kappa shape index (κ2) is 8.73. The second-order valence-corrected chi connectivity index (χ2v) is 7.37. The molecule has 2 aliphatic rings. The number of benzene rings is 1. The first kappa shape index (κ1) is 19.0. The molecule has 6 nitrogen and oxygen atoms in total. The number of hydrogen-bond acceptors (Lipinski definition) is 5. The molecule has 0 aliphatic carbocycles. The number of nitrogens with zero attached hydrogens (tertiary/aromatic N) is 1. The molecule has 0 radical (unpaired) electrons. The first-order valence-electron chi connectivity index (χ1n) is 9.68. The van der Waals surface area contributed by atoms with E-state index in [4.69, 9.17) is 15.2 Å². The maximum Gasteiger partial charge on any atom is 0.221 e. The van der Waals surface area contributed by atoms with E-state index in [0.29, 0.717) is 25.6 Å². The SMILES string of the molecule is COc1cc2c(c(CN3CCCCC3CNC(=O)CCN)c1)OC(C)C2. The summed E-state index contributed by atoms with van der Waals surface area (Å²) in [6.07, 6.45) is 5.03. The molecule has 2 heterocycles. The van der Waals surface area contributed by atoms with Crippen molar-refractivity contribution < 1.29 is 14.3 Å². The van der Waals surface area contributed by atoms with Crippen molar-refractivity contribution in [2.75, 3.05) is 26.7 Å². The Morgan fingerprint density at radius 1 is 1.42 bits per heavy atom. The zero-order valence-electron chi connectivity index (χ0n) is 15.9. The number of piperidine rings is 1. The van der Waals surface area contributed by atoms with Gasteiger partial charge in [0.2, 0.25) is 5.91 Å². The highest BCUT2D eigenvalue weighted by atomic mass is 16.5. The summed E-state index contributed by atoms with van der Waals surface area (Å²) in [6, 6.07) is 4.53. The van der Waals surface area contributed by atoms with Crippen LogP contribution in [0.1, 0.15) is 43.7 Å². The van der Waals surface area contributed by atoms with Gasteiger partial charge in [-0.25, -0.2) is 0 Å². The number of carbonyl (C=O) groups excluding carboxylic acids is 1. The van der Waals surface area contributed by atoms with Gasteiger partial charge in [-0.3, -0.25) is 9.69 Å². The molecule has 1 aromatic rings. The van der Waals surface area contributed by atoms with Crippen LogP contribution >= 0.6 is 0 Å². The van der Waals surface area contributed by atoms with Gasteiger partial charge < -0.3 is 20.5 Å². The van der Waals surface area contributed by atoms with Crippen molar-refractivity contribution in [2.45, 2.75) is 57.7 Å². The summed E-state index contributed by atoms with van der Waals surface area (Å²) >= 11 is 0. The van der Waals surface area contributed by atoms with Gasteiger partial charge in [-0.05, 0) is 38.4 Å². The molecule has 2 aliphatic heterocycles. The van der Waals surface area contributed by atoms with Gasteiger partial charge in [-0.1, -0.05) is 6.42 Å². The molecule has 1 aromatic carbocycles. The third-order valence-corrected chi connectivity index (χ3v) is 5.31. The summed E-state index contributed by atoms with van der Waals surface area (Å²) in [5.74, 6) is 1.95. The first-order valence-corrected chi connectivity index (χ1v) is 9.68. The minimum atomic E-state index is 0.0393. The molecule has 1 fully saturated rings. The Bertz CT molecular complexity index is 635. The monoisotopic (exact) mass is 361 g/mol. The van der Waals surface area contributed by atoms with Crippen molar-refractivity contribution in [3.63, 3.8) is 0 Å².